The van der Waals surface area contributed by atoms with Gasteiger partial charge < -0.3 is 20.4 Å². The van der Waals surface area contributed by atoms with Crippen molar-refractivity contribution in [1.29, 1.82) is 0 Å². The predicted molar refractivity (Wildman–Crippen MR) is 139 cm³/mol. The minimum absolute atomic E-state index is 0.103. The monoisotopic (exact) mass is 458 g/mol. The third-order valence-electron chi connectivity index (χ3n) is 6.74. The minimum Gasteiger partial charge on any atom is -0.508 e. The van der Waals surface area contributed by atoms with Crippen LogP contribution in [-0.4, -0.2) is 20.4 Å². The fourth-order valence-electron chi connectivity index (χ4n) is 5.02. The Bertz CT molecular complexity index is 1660. The van der Waals surface area contributed by atoms with Crippen molar-refractivity contribution in [2.24, 2.45) is 0 Å². The van der Waals surface area contributed by atoms with Gasteiger partial charge in [0.15, 0.2) is 0 Å². The van der Waals surface area contributed by atoms with Crippen molar-refractivity contribution < 1.29 is 20.4 Å². The molecule has 0 heterocycles. The molecule has 0 fully saturated rings. The Morgan fingerprint density at radius 2 is 0.943 bits per heavy atom. The lowest BCUT2D eigenvalue weighted by atomic mass is 9.81. The number of aromatic hydroxyl groups is 4. The molecule has 0 saturated carbocycles. The SMILES string of the molecule is Oc1ccc2c(O)c(C(c3ccc4ccccc4c3)c3ccc4cc(O)ccc4c3O)ccc2c1. The molecule has 0 aliphatic rings. The number of hydrogen-bond donors (Lipinski definition) is 4. The first-order valence-corrected chi connectivity index (χ1v) is 11.4. The van der Waals surface area contributed by atoms with Crippen molar-refractivity contribution in [3.05, 3.63) is 120 Å². The van der Waals surface area contributed by atoms with E-state index < -0.39 is 5.92 Å². The van der Waals surface area contributed by atoms with Crippen molar-refractivity contribution in [1.82, 2.24) is 0 Å². The van der Waals surface area contributed by atoms with Crippen molar-refractivity contribution in [2.45, 2.75) is 5.92 Å². The van der Waals surface area contributed by atoms with Crippen LogP contribution in [-0.2, 0) is 0 Å². The quantitative estimate of drug-likeness (QED) is 0.212. The van der Waals surface area contributed by atoms with Crippen LogP contribution >= 0.6 is 0 Å². The van der Waals surface area contributed by atoms with E-state index in [1.54, 1.807) is 36.4 Å². The van der Waals surface area contributed by atoms with Crippen LogP contribution in [0.3, 0.4) is 0 Å². The van der Waals surface area contributed by atoms with Crippen molar-refractivity contribution in [3.8, 4) is 23.0 Å². The fourth-order valence-corrected chi connectivity index (χ4v) is 5.02. The van der Waals surface area contributed by atoms with Crippen LogP contribution in [0, 0.1) is 0 Å². The molecule has 0 aliphatic heterocycles. The molecule has 170 valence electrons. The molecule has 4 N–H and O–H groups in total. The van der Waals surface area contributed by atoms with Gasteiger partial charge in [0.25, 0.3) is 0 Å². The van der Waals surface area contributed by atoms with Gasteiger partial charge in [0, 0.05) is 27.8 Å². The van der Waals surface area contributed by atoms with Crippen LogP contribution in [0.15, 0.2) is 103 Å². The van der Waals surface area contributed by atoms with E-state index >= 15 is 0 Å². The lowest BCUT2D eigenvalue weighted by molar-refractivity contribution is 0.465. The highest BCUT2D eigenvalue weighted by molar-refractivity contribution is 5.93. The van der Waals surface area contributed by atoms with Gasteiger partial charge >= 0.3 is 0 Å². The minimum atomic E-state index is -0.462. The van der Waals surface area contributed by atoms with E-state index in [1.165, 1.54) is 0 Å². The van der Waals surface area contributed by atoms with E-state index in [4.69, 9.17) is 0 Å². The summed E-state index contributed by atoms with van der Waals surface area (Å²) in [4.78, 5) is 0. The summed E-state index contributed by atoms with van der Waals surface area (Å²) in [6, 6.07) is 31.4. The van der Waals surface area contributed by atoms with Crippen LogP contribution in [0.1, 0.15) is 22.6 Å². The summed E-state index contributed by atoms with van der Waals surface area (Å²) in [5.41, 5.74) is 2.21. The lowest BCUT2D eigenvalue weighted by Crippen LogP contribution is -2.05. The Hall–Kier alpha value is -4.70. The van der Waals surface area contributed by atoms with E-state index in [2.05, 4.69) is 6.07 Å². The Kier molecular flexibility index (Phi) is 4.75. The van der Waals surface area contributed by atoms with Crippen molar-refractivity contribution in [2.75, 3.05) is 0 Å². The van der Waals surface area contributed by atoms with Crippen LogP contribution in [0.25, 0.3) is 32.3 Å². The first-order valence-electron chi connectivity index (χ1n) is 11.4. The molecule has 0 radical (unpaired) electrons. The molecule has 0 spiro atoms. The van der Waals surface area contributed by atoms with Crippen molar-refractivity contribution >= 4 is 32.3 Å². The molecule has 0 atom stereocenters. The Labute approximate surface area is 201 Å². The molecule has 4 heteroatoms. The van der Waals surface area contributed by atoms with Gasteiger partial charge in [-0.1, -0.05) is 66.7 Å². The molecule has 0 amide bonds. The molecule has 4 nitrogen and oxygen atoms in total. The second-order valence-electron chi connectivity index (χ2n) is 8.86. The highest BCUT2D eigenvalue weighted by atomic mass is 16.3. The molecule has 0 aliphatic carbocycles. The summed E-state index contributed by atoms with van der Waals surface area (Å²) in [5.74, 6) is 0.00467. The third kappa shape index (κ3) is 3.47. The predicted octanol–water partition coefficient (Wildman–Crippen LogP) is 7.15. The van der Waals surface area contributed by atoms with Gasteiger partial charge in [-0.3, -0.25) is 0 Å². The van der Waals surface area contributed by atoms with Gasteiger partial charge in [-0.2, -0.15) is 0 Å². The zero-order valence-corrected chi connectivity index (χ0v) is 18.7. The first-order chi connectivity index (χ1) is 17.0. The maximum Gasteiger partial charge on any atom is 0.127 e. The number of benzene rings is 6. The van der Waals surface area contributed by atoms with Gasteiger partial charge in [0.2, 0.25) is 0 Å². The summed E-state index contributed by atoms with van der Waals surface area (Å²) < 4.78 is 0. The molecular weight excluding hydrogens is 436 g/mol. The molecule has 6 aromatic rings. The van der Waals surface area contributed by atoms with Crippen LogP contribution in [0.2, 0.25) is 0 Å². The van der Waals surface area contributed by atoms with Gasteiger partial charge in [0.1, 0.15) is 23.0 Å². The topological polar surface area (TPSA) is 80.9 Å². The summed E-state index contributed by atoms with van der Waals surface area (Å²) in [7, 11) is 0. The van der Waals surface area contributed by atoms with Gasteiger partial charge in [-0.25, -0.2) is 0 Å². The summed E-state index contributed by atoms with van der Waals surface area (Å²) in [6.45, 7) is 0. The third-order valence-corrected chi connectivity index (χ3v) is 6.74. The van der Waals surface area contributed by atoms with Crippen LogP contribution in [0.5, 0.6) is 23.0 Å². The number of hydrogen-bond acceptors (Lipinski definition) is 4. The molecule has 0 unspecified atom stereocenters. The van der Waals surface area contributed by atoms with Gasteiger partial charge in [-0.05, 0) is 63.5 Å². The first kappa shape index (κ1) is 20.9. The summed E-state index contributed by atoms with van der Waals surface area (Å²) in [6.07, 6.45) is 0. The lowest BCUT2D eigenvalue weighted by Gasteiger charge is -2.23. The zero-order chi connectivity index (χ0) is 24.1. The maximum absolute atomic E-state index is 11.4. The average Bonchev–Trinajstić information content (AvgIpc) is 2.86. The normalized spacial score (nSPS) is 11.6. The summed E-state index contributed by atoms with van der Waals surface area (Å²) in [5, 5.41) is 47.4. The molecule has 6 rings (SSSR count). The molecular formula is C31H22O4. The second-order valence-corrected chi connectivity index (χ2v) is 8.86. The Balaban J connectivity index is 1.65. The molecule has 0 bridgehead atoms. The fraction of sp³-hybridized carbons (Fsp3) is 0.0323. The van der Waals surface area contributed by atoms with Gasteiger partial charge in [0.05, 0.1) is 0 Å². The van der Waals surface area contributed by atoms with E-state index in [0.717, 1.165) is 27.1 Å². The molecule has 0 saturated heterocycles. The maximum atomic E-state index is 11.4. The Morgan fingerprint density at radius 1 is 0.429 bits per heavy atom. The number of rotatable bonds is 3. The average molecular weight is 459 g/mol. The van der Waals surface area contributed by atoms with E-state index in [9.17, 15) is 20.4 Å². The standard InChI is InChI=1S/C31H22O4/c32-23-9-13-25-20(16-23)7-11-27(30(25)34)29(22-6-5-18-3-1-2-4-19(18)15-22)28-12-8-21-17-24(33)10-14-26(21)31(28)35/h1-17,29,32-35H. The largest absolute Gasteiger partial charge is 0.508 e. The van der Waals surface area contributed by atoms with Crippen molar-refractivity contribution in [3.63, 3.8) is 0 Å². The smallest absolute Gasteiger partial charge is 0.127 e. The number of phenolic OH excluding ortho intramolecular Hbond substituents is 4. The second kappa shape index (κ2) is 7.96. The number of phenols is 4. The Morgan fingerprint density at radius 3 is 1.51 bits per heavy atom. The number of fused-ring (bicyclic) bond motifs is 3. The summed E-state index contributed by atoms with van der Waals surface area (Å²) >= 11 is 0. The van der Waals surface area contributed by atoms with Crippen LogP contribution < -0.4 is 0 Å². The van der Waals surface area contributed by atoms with E-state index in [-0.39, 0.29) is 23.0 Å². The highest BCUT2D eigenvalue weighted by Gasteiger charge is 2.25. The van der Waals surface area contributed by atoms with Crippen LogP contribution in [0.4, 0.5) is 0 Å². The highest BCUT2D eigenvalue weighted by Crippen LogP contribution is 2.45. The van der Waals surface area contributed by atoms with Gasteiger partial charge in [-0.15, -0.1) is 0 Å². The molecule has 6 aromatic carbocycles. The van der Waals surface area contributed by atoms with E-state index in [0.29, 0.717) is 21.9 Å². The molecule has 0 aromatic heterocycles. The molecule has 35 heavy (non-hydrogen) atoms. The zero-order valence-electron chi connectivity index (χ0n) is 18.7. The van der Waals surface area contributed by atoms with E-state index in [1.807, 2.05) is 60.7 Å².